The molecule has 2 aromatic rings. The fourth-order valence-electron chi connectivity index (χ4n) is 2.41. The summed E-state index contributed by atoms with van der Waals surface area (Å²) in [7, 11) is 0. The maximum absolute atomic E-state index is 4.68. The van der Waals surface area contributed by atoms with Gasteiger partial charge in [-0.05, 0) is 38.3 Å². The molecule has 1 aromatic carbocycles. The molecule has 0 bridgehead atoms. The summed E-state index contributed by atoms with van der Waals surface area (Å²) in [5.41, 5.74) is 4.71. The van der Waals surface area contributed by atoms with Gasteiger partial charge in [-0.1, -0.05) is 29.8 Å². The van der Waals surface area contributed by atoms with Gasteiger partial charge in [0.15, 0.2) is 0 Å². The van der Waals surface area contributed by atoms with Crippen LogP contribution in [0, 0.1) is 13.8 Å². The van der Waals surface area contributed by atoms with E-state index in [1.54, 1.807) is 0 Å². The van der Waals surface area contributed by atoms with Gasteiger partial charge >= 0.3 is 0 Å². The first-order chi connectivity index (χ1) is 9.69. The van der Waals surface area contributed by atoms with Crippen LogP contribution in [0.3, 0.4) is 0 Å². The summed E-state index contributed by atoms with van der Waals surface area (Å²) in [6.07, 6.45) is 3.42. The van der Waals surface area contributed by atoms with E-state index >= 15 is 0 Å². The van der Waals surface area contributed by atoms with Crippen LogP contribution in [0.4, 0.5) is 0 Å². The number of aromatic nitrogens is 2. The molecule has 0 saturated heterocycles. The number of nitrogens with zero attached hydrogens (tertiary/aromatic N) is 2. The Labute approximate surface area is 120 Å². The molecule has 0 radical (unpaired) electrons. The maximum atomic E-state index is 4.68. The summed E-state index contributed by atoms with van der Waals surface area (Å²) in [6.45, 7) is 5.02. The molecule has 1 aliphatic carbocycles. The van der Waals surface area contributed by atoms with Crippen LogP contribution in [-0.2, 0) is 13.0 Å². The van der Waals surface area contributed by atoms with Crippen molar-refractivity contribution in [1.29, 1.82) is 0 Å². The van der Waals surface area contributed by atoms with Crippen LogP contribution in [-0.4, -0.2) is 16.0 Å². The van der Waals surface area contributed by atoms with E-state index in [4.69, 9.17) is 0 Å². The minimum atomic E-state index is 0.713. The van der Waals surface area contributed by atoms with Gasteiger partial charge in [-0.15, -0.1) is 0 Å². The van der Waals surface area contributed by atoms with Crippen molar-refractivity contribution in [1.82, 2.24) is 15.3 Å². The maximum Gasteiger partial charge on any atom is 0.133 e. The zero-order valence-electron chi connectivity index (χ0n) is 12.2. The first kappa shape index (κ1) is 13.3. The Kier molecular flexibility index (Phi) is 3.79. The standard InChI is InChI=1S/C17H21N3/c1-12-4-3-5-14(8-12)10-17-19-13(2)9-16(20-17)11-18-15-6-7-15/h3-5,8-9,15,18H,6-7,10-11H2,1-2H3. The third-order valence-corrected chi connectivity index (χ3v) is 3.55. The van der Waals surface area contributed by atoms with Crippen molar-refractivity contribution >= 4 is 0 Å². The topological polar surface area (TPSA) is 37.8 Å². The molecule has 1 aromatic heterocycles. The van der Waals surface area contributed by atoms with Gasteiger partial charge < -0.3 is 5.32 Å². The SMILES string of the molecule is Cc1cccc(Cc2nc(C)cc(CNC3CC3)n2)c1. The molecule has 1 fully saturated rings. The minimum Gasteiger partial charge on any atom is -0.308 e. The zero-order chi connectivity index (χ0) is 13.9. The van der Waals surface area contributed by atoms with E-state index in [1.807, 2.05) is 6.92 Å². The predicted molar refractivity (Wildman–Crippen MR) is 80.6 cm³/mol. The lowest BCUT2D eigenvalue weighted by Crippen LogP contribution is -2.17. The molecule has 20 heavy (non-hydrogen) atoms. The van der Waals surface area contributed by atoms with E-state index in [1.165, 1.54) is 24.0 Å². The Morgan fingerprint density at radius 2 is 2.00 bits per heavy atom. The highest BCUT2D eigenvalue weighted by atomic mass is 15.0. The van der Waals surface area contributed by atoms with E-state index in [0.717, 1.165) is 30.2 Å². The van der Waals surface area contributed by atoms with Crippen molar-refractivity contribution < 1.29 is 0 Å². The molecular weight excluding hydrogens is 246 g/mol. The Bertz CT molecular complexity index is 603. The molecule has 0 atom stereocenters. The third-order valence-electron chi connectivity index (χ3n) is 3.55. The van der Waals surface area contributed by atoms with E-state index in [9.17, 15) is 0 Å². The largest absolute Gasteiger partial charge is 0.308 e. The van der Waals surface area contributed by atoms with Crippen LogP contribution in [0.2, 0.25) is 0 Å². The highest BCUT2D eigenvalue weighted by Crippen LogP contribution is 2.19. The second-order valence-corrected chi connectivity index (χ2v) is 5.74. The van der Waals surface area contributed by atoms with Crippen molar-refractivity contribution in [3.05, 3.63) is 58.7 Å². The van der Waals surface area contributed by atoms with Gasteiger partial charge in [0.1, 0.15) is 5.82 Å². The van der Waals surface area contributed by atoms with Gasteiger partial charge in [0.05, 0.1) is 5.69 Å². The summed E-state index contributed by atoms with van der Waals surface area (Å²) >= 11 is 0. The lowest BCUT2D eigenvalue weighted by molar-refractivity contribution is 0.667. The van der Waals surface area contributed by atoms with E-state index in [0.29, 0.717) is 6.04 Å². The van der Waals surface area contributed by atoms with Gasteiger partial charge in [0.25, 0.3) is 0 Å². The number of nitrogens with one attached hydrogen (secondary N) is 1. The van der Waals surface area contributed by atoms with E-state index in [2.05, 4.69) is 52.5 Å². The summed E-state index contributed by atoms with van der Waals surface area (Å²) in [5.74, 6) is 0.920. The summed E-state index contributed by atoms with van der Waals surface area (Å²) < 4.78 is 0. The Morgan fingerprint density at radius 3 is 2.75 bits per heavy atom. The number of benzene rings is 1. The summed E-state index contributed by atoms with van der Waals surface area (Å²) in [5, 5.41) is 3.51. The van der Waals surface area contributed by atoms with Crippen molar-refractivity contribution in [3.63, 3.8) is 0 Å². The molecule has 3 nitrogen and oxygen atoms in total. The molecule has 3 rings (SSSR count). The van der Waals surface area contributed by atoms with Gasteiger partial charge in [0, 0.05) is 24.7 Å². The number of aryl methyl sites for hydroxylation is 2. The summed E-state index contributed by atoms with van der Waals surface area (Å²) in [6, 6.07) is 11.3. The molecule has 1 saturated carbocycles. The molecule has 1 heterocycles. The van der Waals surface area contributed by atoms with Gasteiger partial charge in [-0.25, -0.2) is 9.97 Å². The normalized spacial score (nSPS) is 14.5. The van der Waals surface area contributed by atoms with Crippen LogP contribution < -0.4 is 5.32 Å². The lowest BCUT2D eigenvalue weighted by atomic mass is 10.1. The second kappa shape index (κ2) is 5.71. The monoisotopic (exact) mass is 267 g/mol. The number of rotatable bonds is 5. The molecule has 1 aliphatic rings. The smallest absolute Gasteiger partial charge is 0.133 e. The Balaban J connectivity index is 1.74. The average molecular weight is 267 g/mol. The first-order valence-electron chi connectivity index (χ1n) is 7.31. The Hall–Kier alpha value is -1.74. The van der Waals surface area contributed by atoms with Gasteiger partial charge in [0.2, 0.25) is 0 Å². The van der Waals surface area contributed by atoms with Gasteiger partial charge in [-0.3, -0.25) is 0 Å². The molecule has 104 valence electrons. The minimum absolute atomic E-state index is 0.713. The lowest BCUT2D eigenvalue weighted by Gasteiger charge is -2.07. The molecule has 0 spiro atoms. The first-order valence-corrected chi connectivity index (χ1v) is 7.31. The van der Waals surface area contributed by atoms with Crippen LogP contribution >= 0.6 is 0 Å². The van der Waals surface area contributed by atoms with Crippen LogP contribution in [0.25, 0.3) is 0 Å². The van der Waals surface area contributed by atoms with E-state index < -0.39 is 0 Å². The van der Waals surface area contributed by atoms with Crippen molar-refractivity contribution in [2.24, 2.45) is 0 Å². The highest BCUT2D eigenvalue weighted by molar-refractivity contribution is 5.25. The summed E-state index contributed by atoms with van der Waals surface area (Å²) in [4.78, 5) is 9.25. The average Bonchev–Trinajstić information content (AvgIpc) is 3.20. The molecule has 0 unspecified atom stereocenters. The zero-order valence-corrected chi connectivity index (χ0v) is 12.2. The number of hydrogen-bond donors (Lipinski definition) is 1. The van der Waals surface area contributed by atoms with Crippen molar-refractivity contribution in [3.8, 4) is 0 Å². The second-order valence-electron chi connectivity index (χ2n) is 5.74. The fraction of sp³-hybridized carbons (Fsp3) is 0.412. The predicted octanol–water partition coefficient (Wildman–Crippen LogP) is 2.94. The highest BCUT2D eigenvalue weighted by Gasteiger charge is 2.20. The molecule has 1 N–H and O–H groups in total. The van der Waals surface area contributed by atoms with Crippen molar-refractivity contribution in [2.75, 3.05) is 0 Å². The molecular formula is C17H21N3. The van der Waals surface area contributed by atoms with Crippen molar-refractivity contribution in [2.45, 2.75) is 45.7 Å². The Morgan fingerprint density at radius 1 is 1.15 bits per heavy atom. The van der Waals surface area contributed by atoms with E-state index in [-0.39, 0.29) is 0 Å². The molecule has 3 heteroatoms. The quantitative estimate of drug-likeness (QED) is 0.905. The molecule has 0 aliphatic heterocycles. The molecule has 0 amide bonds. The third kappa shape index (κ3) is 3.64. The number of hydrogen-bond acceptors (Lipinski definition) is 3. The van der Waals surface area contributed by atoms with Gasteiger partial charge in [-0.2, -0.15) is 0 Å². The van der Waals surface area contributed by atoms with Crippen LogP contribution in [0.15, 0.2) is 30.3 Å². The van der Waals surface area contributed by atoms with Crippen LogP contribution in [0.5, 0.6) is 0 Å². The fourth-order valence-corrected chi connectivity index (χ4v) is 2.41. The van der Waals surface area contributed by atoms with Crippen LogP contribution in [0.1, 0.15) is 41.2 Å².